The van der Waals surface area contributed by atoms with Crippen molar-refractivity contribution in [3.63, 3.8) is 0 Å². The highest BCUT2D eigenvalue weighted by Gasteiger charge is 1.64. The van der Waals surface area contributed by atoms with Gasteiger partial charge >= 0.3 is 0 Å². The molecule has 0 aliphatic heterocycles. The van der Waals surface area contributed by atoms with Gasteiger partial charge in [0.05, 0.1) is 6.07 Å². The van der Waals surface area contributed by atoms with Crippen LogP contribution in [0.15, 0.2) is 48.6 Å². The smallest absolute Gasteiger partial charge is 0.0937 e. The van der Waals surface area contributed by atoms with Gasteiger partial charge in [-0.1, -0.05) is 43.0 Å². The molecule has 0 unspecified atom stereocenters. The molecule has 0 atom stereocenters. The van der Waals surface area contributed by atoms with E-state index in [1.807, 2.05) is 42.5 Å². The number of nitrogens with zero attached hydrogens (tertiary/aromatic N) is 1. The van der Waals surface area contributed by atoms with Gasteiger partial charge in [-0.3, -0.25) is 0 Å². The molecule has 0 saturated heterocycles. The quantitative estimate of drug-likeness (QED) is 0.515. The molecule has 0 heterocycles. The number of allylic oxidation sites excluding steroid dienone is 1. The number of benzene rings is 1. The van der Waals surface area contributed by atoms with Crippen LogP contribution >= 0.6 is 0 Å². The van der Waals surface area contributed by atoms with Crippen molar-refractivity contribution >= 4 is 0 Å². The van der Waals surface area contributed by atoms with Crippen molar-refractivity contribution in [2.45, 2.75) is 6.92 Å². The summed E-state index contributed by atoms with van der Waals surface area (Å²) >= 11 is 0. The highest BCUT2D eigenvalue weighted by Crippen LogP contribution is 1.79. The lowest BCUT2D eigenvalue weighted by Gasteiger charge is -1.69. The third-order valence-corrected chi connectivity index (χ3v) is 0.858. The lowest BCUT2D eigenvalue weighted by Crippen LogP contribution is -1.51. The van der Waals surface area contributed by atoms with Crippen LogP contribution in [0.25, 0.3) is 0 Å². The standard InChI is InChI=1S/C6H6.C4H5N/c1-2-4-6-5-3-1;1-4(2)3-5/h1-6H;1H2,2H3. The van der Waals surface area contributed by atoms with Crippen molar-refractivity contribution in [1.29, 1.82) is 5.26 Å². The molecule has 0 radical (unpaired) electrons. The predicted octanol–water partition coefficient (Wildman–Crippen LogP) is 2.77. The summed E-state index contributed by atoms with van der Waals surface area (Å²) in [5, 5.41) is 7.79. The van der Waals surface area contributed by atoms with Crippen LogP contribution in [0.4, 0.5) is 0 Å². The van der Waals surface area contributed by atoms with E-state index in [0.29, 0.717) is 5.57 Å². The number of rotatable bonds is 0. The minimum absolute atomic E-state index is 0.560. The van der Waals surface area contributed by atoms with Crippen molar-refractivity contribution in [3.8, 4) is 6.07 Å². The van der Waals surface area contributed by atoms with Crippen molar-refractivity contribution in [2.75, 3.05) is 0 Å². The first kappa shape index (κ1) is 9.45. The van der Waals surface area contributed by atoms with Gasteiger partial charge in [-0.05, 0) is 6.92 Å². The topological polar surface area (TPSA) is 23.8 Å². The molecule has 1 aromatic carbocycles. The number of nitriles is 1. The molecule has 0 bridgehead atoms. The molecule has 0 aromatic heterocycles. The second kappa shape index (κ2) is 6.57. The summed E-state index contributed by atoms with van der Waals surface area (Å²) in [5.41, 5.74) is 0.560. The van der Waals surface area contributed by atoms with Crippen LogP contribution in [0.1, 0.15) is 6.92 Å². The molecule has 56 valence electrons. The van der Waals surface area contributed by atoms with Crippen molar-refractivity contribution in [1.82, 2.24) is 0 Å². The Morgan fingerprint density at radius 2 is 1.27 bits per heavy atom. The van der Waals surface area contributed by atoms with Gasteiger partial charge in [-0.25, -0.2) is 0 Å². The number of hydrogen-bond donors (Lipinski definition) is 0. The van der Waals surface area contributed by atoms with E-state index >= 15 is 0 Å². The zero-order valence-corrected chi connectivity index (χ0v) is 6.62. The Kier molecular flexibility index (Phi) is 5.64. The lowest BCUT2D eigenvalue weighted by molar-refractivity contribution is 1.46. The molecule has 0 N–H and O–H groups in total. The SMILES string of the molecule is C=C(C)C#N.c1ccccc1. The van der Waals surface area contributed by atoms with Gasteiger partial charge < -0.3 is 0 Å². The Morgan fingerprint density at radius 3 is 1.36 bits per heavy atom. The molecule has 0 spiro atoms. The first-order valence-electron chi connectivity index (χ1n) is 3.33. The average molecular weight is 145 g/mol. The van der Waals surface area contributed by atoms with Crippen LogP contribution in [-0.4, -0.2) is 0 Å². The van der Waals surface area contributed by atoms with Crippen molar-refractivity contribution in [2.24, 2.45) is 0 Å². The average Bonchev–Trinajstić information content (AvgIpc) is 2.09. The molecule has 0 amide bonds. The van der Waals surface area contributed by atoms with Crippen molar-refractivity contribution in [3.05, 3.63) is 48.6 Å². The molecule has 1 nitrogen and oxygen atoms in total. The highest BCUT2D eigenvalue weighted by molar-refractivity contribution is 5.11. The van der Waals surface area contributed by atoms with E-state index in [-0.39, 0.29) is 0 Å². The van der Waals surface area contributed by atoms with E-state index in [9.17, 15) is 0 Å². The molecule has 1 rings (SSSR count). The zero-order valence-electron chi connectivity index (χ0n) is 6.62. The maximum Gasteiger partial charge on any atom is 0.0937 e. The van der Waals surface area contributed by atoms with Crippen LogP contribution in [-0.2, 0) is 0 Å². The van der Waals surface area contributed by atoms with E-state index in [0.717, 1.165) is 0 Å². The largest absolute Gasteiger partial charge is 0.193 e. The fourth-order valence-corrected chi connectivity index (χ4v) is 0.385. The molecule has 1 heteroatoms. The highest BCUT2D eigenvalue weighted by atomic mass is 14.2. The molecular formula is C10H11N. The van der Waals surface area contributed by atoms with E-state index < -0.39 is 0 Å². The van der Waals surface area contributed by atoms with Crippen LogP contribution < -0.4 is 0 Å². The van der Waals surface area contributed by atoms with Gasteiger partial charge in [0.1, 0.15) is 0 Å². The Labute approximate surface area is 67.6 Å². The second-order valence-corrected chi connectivity index (χ2v) is 2.05. The second-order valence-electron chi connectivity index (χ2n) is 2.05. The summed E-state index contributed by atoms with van der Waals surface area (Å²) < 4.78 is 0. The first-order chi connectivity index (χ1) is 5.27. The number of hydrogen-bond acceptors (Lipinski definition) is 1. The maximum atomic E-state index is 7.79. The molecule has 11 heavy (non-hydrogen) atoms. The summed E-state index contributed by atoms with van der Waals surface area (Å²) in [5.74, 6) is 0. The Bertz CT molecular complexity index is 204. The monoisotopic (exact) mass is 145 g/mol. The maximum absolute atomic E-state index is 7.79. The third-order valence-electron chi connectivity index (χ3n) is 0.858. The van der Waals surface area contributed by atoms with Gasteiger partial charge in [0, 0.05) is 5.57 Å². The summed E-state index contributed by atoms with van der Waals surface area (Å²) in [6.07, 6.45) is 0. The van der Waals surface area contributed by atoms with Crippen LogP contribution in [0.3, 0.4) is 0 Å². The zero-order chi connectivity index (χ0) is 8.53. The summed E-state index contributed by atoms with van der Waals surface area (Å²) in [6.45, 7) is 4.98. The third kappa shape index (κ3) is 8.45. The van der Waals surface area contributed by atoms with Crippen LogP contribution in [0.5, 0.6) is 0 Å². The van der Waals surface area contributed by atoms with Gasteiger partial charge in [0.25, 0.3) is 0 Å². The van der Waals surface area contributed by atoms with E-state index in [1.165, 1.54) is 0 Å². The van der Waals surface area contributed by atoms with Crippen molar-refractivity contribution < 1.29 is 0 Å². The Morgan fingerprint density at radius 1 is 1.09 bits per heavy atom. The predicted molar refractivity (Wildman–Crippen MR) is 46.9 cm³/mol. The molecule has 0 aliphatic rings. The first-order valence-corrected chi connectivity index (χ1v) is 3.33. The molecule has 0 aliphatic carbocycles. The lowest BCUT2D eigenvalue weighted by atomic mass is 10.4. The van der Waals surface area contributed by atoms with E-state index in [1.54, 1.807) is 6.92 Å². The fraction of sp³-hybridized carbons (Fsp3) is 0.100. The summed E-state index contributed by atoms with van der Waals surface area (Å²) in [6, 6.07) is 13.8. The van der Waals surface area contributed by atoms with E-state index in [4.69, 9.17) is 5.26 Å². The summed E-state index contributed by atoms with van der Waals surface area (Å²) in [4.78, 5) is 0. The Hall–Kier alpha value is -1.55. The van der Waals surface area contributed by atoms with Crippen LogP contribution in [0, 0.1) is 11.3 Å². The minimum atomic E-state index is 0.560. The summed E-state index contributed by atoms with van der Waals surface area (Å²) in [7, 11) is 0. The van der Waals surface area contributed by atoms with Gasteiger partial charge in [-0.2, -0.15) is 5.26 Å². The molecule has 0 fully saturated rings. The molecule has 1 aromatic rings. The van der Waals surface area contributed by atoms with Crippen LogP contribution in [0.2, 0.25) is 0 Å². The minimum Gasteiger partial charge on any atom is -0.193 e. The van der Waals surface area contributed by atoms with Gasteiger partial charge in [-0.15, -0.1) is 0 Å². The van der Waals surface area contributed by atoms with E-state index in [2.05, 4.69) is 6.58 Å². The van der Waals surface area contributed by atoms with Gasteiger partial charge in [0.2, 0.25) is 0 Å². The normalized spacial score (nSPS) is 6.91. The molecule has 0 saturated carbocycles. The van der Waals surface area contributed by atoms with Gasteiger partial charge in [0.15, 0.2) is 0 Å². The molecular weight excluding hydrogens is 134 g/mol. The fourth-order valence-electron chi connectivity index (χ4n) is 0.385. The Balaban J connectivity index is 0.000000187.